The molecule has 0 radical (unpaired) electrons. The fraction of sp³-hybridized carbons (Fsp3) is 0.250. The average molecular weight is 281 g/mol. The molecule has 2 rings (SSSR count). The van der Waals surface area contributed by atoms with Gasteiger partial charge in [-0.25, -0.2) is 0 Å². The first-order valence-electron chi connectivity index (χ1n) is 5.05. The number of benzene rings is 1. The van der Waals surface area contributed by atoms with E-state index in [0.717, 1.165) is 16.6 Å². The fourth-order valence-corrected chi connectivity index (χ4v) is 1.93. The van der Waals surface area contributed by atoms with Crippen LogP contribution in [0.15, 0.2) is 36.4 Å². The number of aryl methyl sites for hydroxylation is 1. The van der Waals surface area contributed by atoms with Gasteiger partial charge in [-0.3, -0.25) is 4.68 Å². The second-order valence-electron chi connectivity index (χ2n) is 3.51. The van der Waals surface area contributed by atoms with Crippen LogP contribution in [0.25, 0.3) is 0 Å². The highest BCUT2D eigenvalue weighted by atomic mass is 79.9. The lowest BCUT2D eigenvalue weighted by atomic mass is 10.2. The quantitative estimate of drug-likeness (QED) is 0.806. The molecule has 0 aliphatic carbocycles. The molecule has 4 heteroatoms. The molecule has 0 aliphatic heterocycles. The zero-order valence-corrected chi connectivity index (χ0v) is 10.6. The Balaban J connectivity index is 2.00. The van der Waals surface area contributed by atoms with E-state index in [1.807, 2.05) is 48.1 Å². The summed E-state index contributed by atoms with van der Waals surface area (Å²) in [6.07, 6.45) is 0. The lowest BCUT2D eigenvalue weighted by Gasteiger charge is -2.01. The van der Waals surface area contributed by atoms with E-state index in [1.54, 1.807) is 0 Å². The molecule has 0 aliphatic rings. The third-order valence-corrected chi connectivity index (χ3v) is 2.90. The van der Waals surface area contributed by atoms with Gasteiger partial charge < -0.3 is 4.74 Å². The van der Waals surface area contributed by atoms with E-state index in [9.17, 15) is 0 Å². The summed E-state index contributed by atoms with van der Waals surface area (Å²) in [6, 6.07) is 12.0. The van der Waals surface area contributed by atoms with E-state index < -0.39 is 0 Å². The van der Waals surface area contributed by atoms with Crippen molar-refractivity contribution in [2.45, 2.75) is 11.9 Å². The van der Waals surface area contributed by atoms with Crippen molar-refractivity contribution in [2.24, 2.45) is 7.05 Å². The zero-order valence-electron chi connectivity index (χ0n) is 9.06. The number of ether oxygens (including phenoxy) is 1. The summed E-state index contributed by atoms with van der Waals surface area (Å²) >= 11 is 3.40. The third-order valence-electron chi connectivity index (χ3n) is 2.32. The van der Waals surface area contributed by atoms with Crippen LogP contribution in [-0.4, -0.2) is 9.78 Å². The summed E-state index contributed by atoms with van der Waals surface area (Å²) < 4.78 is 7.42. The summed E-state index contributed by atoms with van der Waals surface area (Å²) in [4.78, 5) is 0. The minimum atomic E-state index is 0.555. The molecule has 16 heavy (non-hydrogen) atoms. The van der Waals surface area contributed by atoms with Gasteiger partial charge >= 0.3 is 0 Å². The first-order chi connectivity index (χ1) is 7.79. The first kappa shape index (κ1) is 11.2. The Bertz CT molecular complexity index is 453. The SMILES string of the molecule is Cn1nc(OCc2ccccc2)cc1CBr. The van der Waals surface area contributed by atoms with Crippen molar-refractivity contribution < 1.29 is 4.74 Å². The molecule has 0 saturated carbocycles. The largest absolute Gasteiger partial charge is 0.472 e. The standard InChI is InChI=1S/C12H13BrN2O/c1-15-11(8-13)7-12(14-15)16-9-10-5-3-2-4-6-10/h2-7H,8-9H2,1H3. The van der Waals surface area contributed by atoms with Gasteiger partial charge in [0.2, 0.25) is 5.88 Å². The van der Waals surface area contributed by atoms with Crippen molar-refractivity contribution >= 4 is 15.9 Å². The van der Waals surface area contributed by atoms with E-state index in [0.29, 0.717) is 12.5 Å². The molecule has 0 unspecified atom stereocenters. The van der Waals surface area contributed by atoms with Crippen molar-refractivity contribution in [1.82, 2.24) is 9.78 Å². The lowest BCUT2D eigenvalue weighted by molar-refractivity contribution is 0.291. The van der Waals surface area contributed by atoms with Crippen LogP contribution >= 0.6 is 15.9 Å². The van der Waals surface area contributed by atoms with Crippen molar-refractivity contribution in [1.29, 1.82) is 0 Å². The summed E-state index contributed by atoms with van der Waals surface area (Å²) in [5.74, 6) is 0.667. The molecular weight excluding hydrogens is 268 g/mol. The van der Waals surface area contributed by atoms with Gasteiger partial charge in [0.25, 0.3) is 0 Å². The maximum atomic E-state index is 5.60. The Morgan fingerprint density at radius 2 is 2.06 bits per heavy atom. The number of hydrogen-bond acceptors (Lipinski definition) is 2. The summed E-state index contributed by atoms with van der Waals surface area (Å²) in [6.45, 7) is 0.555. The van der Waals surface area contributed by atoms with Crippen LogP contribution in [-0.2, 0) is 19.0 Å². The predicted molar refractivity (Wildman–Crippen MR) is 66.6 cm³/mol. The van der Waals surface area contributed by atoms with Crippen LogP contribution in [0.5, 0.6) is 5.88 Å². The molecule has 84 valence electrons. The van der Waals surface area contributed by atoms with Gasteiger partial charge in [0, 0.05) is 18.4 Å². The molecule has 0 bridgehead atoms. The molecule has 1 heterocycles. The first-order valence-corrected chi connectivity index (χ1v) is 6.17. The van der Waals surface area contributed by atoms with Gasteiger partial charge in [-0.05, 0) is 5.56 Å². The molecule has 0 atom stereocenters. The van der Waals surface area contributed by atoms with Crippen molar-refractivity contribution in [3.63, 3.8) is 0 Å². The van der Waals surface area contributed by atoms with Gasteiger partial charge in [0.1, 0.15) is 6.61 Å². The summed E-state index contributed by atoms with van der Waals surface area (Å²) in [7, 11) is 1.91. The van der Waals surface area contributed by atoms with Crippen LogP contribution in [0.2, 0.25) is 0 Å². The zero-order chi connectivity index (χ0) is 11.4. The lowest BCUT2D eigenvalue weighted by Crippen LogP contribution is -1.97. The van der Waals surface area contributed by atoms with Crippen LogP contribution in [0, 0.1) is 0 Å². The highest BCUT2D eigenvalue weighted by molar-refractivity contribution is 9.08. The van der Waals surface area contributed by atoms with Crippen molar-refractivity contribution in [3.05, 3.63) is 47.7 Å². The molecule has 0 N–H and O–H groups in total. The molecule has 0 saturated heterocycles. The van der Waals surface area contributed by atoms with E-state index in [4.69, 9.17) is 4.74 Å². The number of nitrogens with zero attached hydrogens (tertiary/aromatic N) is 2. The topological polar surface area (TPSA) is 27.1 Å². The molecule has 0 amide bonds. The third kappa shape index (κ3) is 2.64. The van der Waals surface area contributed by atoms with Crippen LogP contribution < -0.4 is 4.74 Å². The molecule has 1 aromatic carbocycles. The van der Waals surface area contributed by atoms with E-state index in [-0.39, 0.29) is 0 Å². The number of halogens is 1. The van der Waals surface area contributed by atoms with Crippen LogP contribution in [0.1, 0.15) is 11.3 Å². The molecule has 3 nitrogen and oxygen atoms in total. The second-order valence-corrected chi connectivity index (χ2v) is 4.07. The second kappa shape index (κ2) is 5.16. The molecule has 1 aromatic heterocycles. The highest BCUT2D eigenvalue weighted by Gasteiger charge is 2.04. The van der Waals surface area contributed by atoms with Crippen LogP contribution in [0.4, 0.5) is 0 Å². The number of aromatic nitrogens is 2. The van der Waals surface area contributed by atoms with Crippen molar-refractivity contribution in [3.8, 4) is 5.88 Å². The normalized spacial score (nSPS) is 10.4. The maximum absolute atomic E-state index is 5.60. The van der Waals surface area contributed by atoms with Gasteiger partial charge in [0.05, 0.1) is 5.69 Å². The van der Waals surface area contributed by atoms with E-state index >= 15 is 0 Å². The average Bonchev–Trinajstić information content (AvgIpc) is 2.69. The molecular formula is C12H13BrN2O. The summed E-state index contributed by atoms with van der Waals surface area (Å²) in [5.41, 5.74) is 2.25. The minimum Gasteiger partial charge on any atom is -0.472 e. The molecule has 0 spiro atoms. The van der Waals surface area contributed by atoms with Gasteiger partial charge in [-0.15, -0.1) is 5.10 Å². The monoisotopic (exact) mass is 280 g/mol. The van der Waals surface area contributed by atoms with Crippen molar-refractivity contribution in [2.75, 3.05) is 0 Å². The Morgan fingerprint density at radius 3 is 2.69 bits per heavy atom. The number of alkyl halides is 1. The van der Waals surface area contributed by atoms with Gasteiger partial charge in [-0.2, -0.15) is 0 Å². The predicted octanol–water partition coefficient (Wildman–Crippen LogP) is 2.89. The van der Waals surface area contributed by atoms with E-state index in [1.165, 1.54) is 0 Å². The van der Waals surface area contributed by atoms with E-state index in [2.05, 4.69) is 21.0 Å². The smallest absolute Gasteiger partial charge is 0.233 e. The minimum absolute atomic E-state index is 0.555. The summed E-state index contributed by atoms with van der Waals surface area (Å²) in [5, 5.41) is 5.04. The molecule has 0 fully saturated rings. The van der Waals surface area contributed by atoms with Gasteiger partial charge in [0.15, 0.2) is 0 Å². The Hall–Kier alpha value is -1.29. The Labute approximate surface area is 103 Å². The fourth-order valence-electron chi connectivity index (χ4n) is 1.40. The Kier molecular flexibility index (Phi) is 3.62. The number of rotatable bonds is 4. The highest BCUT2D eigenvalue weighted by Crippen LogP contribution is 2.14. The van der Waals surface area contributed by atoms with Gasteiger partial charge in [-0.1, -0.05) is 46.3 Å². The van der Waals surface area contributed by atoms with Crippen LogP contribution in [0.3, 0.4) is 0 Å². The Morgan fingerprint density at radius 1 is 1.31 bits per heavy atom. The molecule has 2 aromatic rings. The number of hydrogen-bond donors (Lipinski definition) is 0. The maximum Gasteiger partial charge on any atom is 0.233 e.